The predicted octanol–water partition coefficient (Wildman–Crippen LogP) is 3.69. The van der Waals surface area contributed by atoms with Gasteiger partial charge in [0.1, 0.15) is 0 Å². The summed E-state index contributed by atoms with van der Waals surface area (Å²) < 4.78 is 37.6. The van der Waals surface area contributed by atoms with Crippen molar-refractivity contribution in [1.29, 1.82) is 0 Å². The van der Waals surface area contributed by atoms with Gasteiger partial charge in [0.05, 0.1) is 6.54 Å². The number of nitrogens with zero attached hydrogens (tertiary/aromatic N) is 1. The summed E-state index contributed by atoms with van der Waals surface area (Å²) in [6.07, 6.45) is 1.97. The van der Waals surface area contributed by atoms with Gasteiger partial charge in [-0.15, -0.1) is 0 Å². The van der Waals surface area contributed by atoms with E-state index in [0.29, 0.717) is 0 Å². The average molecular weight is 254 g/mol. The van der Waals surface area contributed by atoms with Crippen molar-refractivity contribution in [3.63, 3.8) is 0 Å². The summed E-state index contributed by atoms with van der Waals surface area (Å²) >= 11 is 5.57. The van der Waals surface area contributed by atoms with Crippen LogP contribution in [-0.2, 0) is 0 Å². The number of alkyl halides is 3. The number of rotatable bonds is 2. The Morgan fingerprint density at radius 3 is 2.69 bits per heavy atom. The molecular weight excluding hydrogens is 239 g/mol. The molecule has 0 saturated carbocycles. The van der Waals surface area contributed by atoms with Gasteiger partial charge in [0.2, 0.25) is 0 Å². The highest BCUT2D eigenvalue weighted by Gasteiger charge is 2.50. The standard InChI is InChI=1S/C11H15ClF3N/c12-7-6-10-4-1-2-9(3-5-10)16(10)8-11(13,14)15/h6-7,9H,1-5,8H2/b7-6+. The van der Waals surface area contributed by atoms with E-state index in [4.69, 9.17) is 11.6 Å². The lowest BCUT2D eigenvalue weighted by Gasteiger charge is -2.43. The molecule has 0 radical (unpaired) electrons. The van der Waals surface area contributed by atoms with Crippen molar-refractivity contribution in [1.82, 2.24) is 4.90 Å². The lowest BCUT2D eigenvalue weighted by molar-refractivity contribution is -0.160. The van der Waals surface area contributed by atoms with E-state index in [1.807, 2.05) is 0 Å². The topological polar surface area (TPSA) is 3.24 Å². The second-order valence-corrected chi connectivity index (χ2v) is 4.98. The summed E-state index contributed by atoms with van der Waals surface area (Å²) in [7, 11) is 0. The van der Waals surface area contributed by atoms with Crippen LogP contribution in [0.1, 0.15) is 32.1 Å². The quantitative estimate of drug-likeness (QED) is 0.726. The van der Waals surface area contributed by atoms with Crippen LogP contribution in [0, 0.1) is 0 Å². The minimum atomic E-state index is -4.12. The number of piperidine rings is 1. The Morgan fingerprint density at radius 2 is 2.06 bits per heavy atom. The van der Waals surface area contributed by atoms with Gasteiger partial charge in [-0.3, -0.25) is 4.90 Å². The molecule has 5 heteroatoms. The summed E-state index contributed by atoms with van der Waals surface area (Å²) in [5.41, 5.74) is 0.942. The van der Waals surface area contributed by atoms with Gasteiger partial charge in [-0.1, -0.05) is 17.7 Å². The Morgan fingerprint density at radius 1 is 1.31 bits per heavy atom. The number of halogens is 4. The van der Waals surface area contributed by atoms with Crippen molar-refractivity contribution in [2.75, 3.05) is 6.54 Å². The van der Waals surface area contributed by atoms with E-state index in [9.17, 15) is 13.2 Å². The maximum Gasteiger partial charge on any atom is 0.401 e. The van der Waals surface area contributed by atoms with E-state index < -0.39 is 18.3 Å². The molecule has 2 saturated heterocycles. The second kappa shape index (κ2) is 4.22. The predicted molar refractivity (Wildman–Crippen MR) is 57.4 cm³/mol. The Labute approximate surface area is 98.2 Å². The largest absolute Gasteiger partial charge is 0.401 e. The fourth-order valence-electron chi connectivity index (χ4n) is 3.15. The third-order valence-corrected chi connectivity index (χ3v) is 3.92. The van der Waals surface area contributed by atoms with Gasteiger partial charge in [-0.25, -0.2) is 0 Å². The molecule has 2 heterocycles. The second-order valence-electron chi connectivity index (χ2n) is 4.72. The van der Waals surface area contributed by atoms with Crippen molar-refractivity contribution < 1.29 is 13.2 Å². The summed E-state index contributed by atoms with van der Waals surface area (Å²) in [6, 6.07) is 0.0863. The molecule has 16 heavy (non-hydrogen) atoms. The van der Waals surface area contributed by atoms with Gasteiger partial charge >= 0.3 is 6.18 Å². The first-order valence-corrected chi connectivity index (χ1v) is 6.02. The van der Waals surface area contributed by atoms with Gasteiger partial charge in [-0.05, 0) is 32.1 Å². The fourth-order valence-corrected chi connectivity index (χ4v) is 3.39. The summed E-state index contributed by atoms with van der Waals surface area (Å²) in [5, 5.41) is 0. The summed E-state index contributed by atoms with van der Waals surface area (Å²) in [5.74, 6) is 0. The first-order chi connectivity index (χ1) is 7.47. The molecule has 0 aliphatic carbocycles. The molecule has 2 rings (SSSR count). The molecular formula is C11H15ClF3N. The normalized spacial score (nSPS) is 36.1. The average Bonchev–Trinajstić information content (AvgIpc) is 2.39. The van der Waals surface area contributed by atoms with Crippen molar-refractivity contribution in [2.24, 2.45) is 0 Å². The molecule has 0 N–H and O–H groups in total. The van der Waals surface area contributed by atoms with E-state index in [1.165, 1.54) is 5.54 Å². The highest BCUT2D eigenvalue weighted by Crippen LogP contribution is 2.46. The minimum Gasteiger partial charge on any atom is -0.283 e. The van der Waals surface area contributed by atoms with Gasteiger partial charge < -0.3 is 0 Å². The zero-order chi connectivity index (χ0) is 11.8. The van der Waals surface area contributed by atoms with E-state index in [2.05, 4.69) is 0 Å². The molecule has 0 aromatic heterocycles. The maximum absolute atomic E-state index is 12.5. The smallest absolute Gasteiger partial charge is 0.283 e. The molecule has 0 aromatic rings. The van der Waals surface area contributed by atoms with Crippen molar-refractivity contribution in [3.8, 4) is 0 Å². The monoisotopic (exact) mass is 253 g/mol. The van der Waals surface area contributed by atoms with Crippen LogP contribution in [0.3, 0.4) is 0 Å². The number of hydrogen-bond donors (Lipinski definition) is 0. The molecule has 92 valence electrons. The van der Waals surface area contributed by atoms with Gasteiger partial charge in [0, 0.05) is 17.1 Å². The van der Waals surface area contributed by atoms with Gasteiger partial charge in [0.15, 0.2) is 0 Å². The zero-order valence-electron chi connectivity index (χ0n) is 8.93. The first kappa shape index (κ1) is 12.2. The molecule has 2 fully saturated rings. The molecule has 1 nitrogen and oxygen atoms in total. The van der Waals surface area contributed by atoms with E-state index >= 15 is 0 Å². The number of fused-ring (bicyclic) bond motifs is 2. The van der Waals surface area contributed by atoms with E-state index in [1.54, 1.807) is 11.0 Å². The highest BCUT2D eigenvalue weighted by molar-refractivity contribution is 6.25. The fraction of sp³-hybridized carbons (Fsp3) is 0.818. The van der Waals surface area contributed by atoms with Crippen molar-refractivity contribution >= 4 is 11.6 Å². The molecule has 2 atom stereocenters. The van der Waals surface area contributed by atoms with Crippen LogP contribution in [0.25, 0.3) is 0 Å². The Balaban J connectivity index is 2.20. The van der Waals surface area contributed by atoms with Crippen LogP contribution in [0.2, 0.25) is 0 Å². The Hall–Kier alpha value is -0.220. The number of hydrogen-bond acceptors (Lipinski definition) is 1. The van der Waals surface area contributed by atoms with Crippen LogP contribution in [0.15, 0.2) is 11.6 Å². The molecule has 0 spiro atoms. The zero-order valence-corrected chi connectivity index (χ0v) is 9.69. The Kier molecular flexibility index (Phi) is 3.23. The summed E-state index contributed by atoms with van der Waals surface area (Å²) in [4.78, 5) is 1.61. The summed E-state index contributed by atoms with van der Waals surface area (Å²) in [6.45, 7) is -0.807. The molecule has 2 aliphatic rings. The molecule has 2 aliphatic heterocycles. The first-order valence-electron chi connectivity index (χ1n) is 5.58. The van der Waals surface area contributed by atoms with Crippen molar-refractivity contribution in [2.45, 2.75) is 49.9 Å². The van der Waals surface area contributed by atoms with Crippen LogP contribution in [0.4, 0.5) is 13.2 Å². The van der Waals surface area contributed by atoms with Crippen molar-refractivity contribution in [3.05, 3.63) is 11.6 Å². The maximum atomic E-state index is 12.5. The van der Waals surface area contributed by atoms with Crippen LogP contribution < -0.4 is 0 Å². The third-order valence-electron chi connectivity index (χ3n) is 3.79. The third kappa shape index (κ3) is 2.23. The molecule has 0 amide bonds. The van der Waals surface area contributed by atoms with Crippen LogP contribution >= 0.6 is 11.6 Å². The highest BCUT2D eigenvalue weighted by atomic mass is 35.5. The SMILES string of the molecule is FC(F)(F)CN1C2CCCC1(/C=C/Cl)CC2. The van der Waals surface area contributed by atoms with E-state index in [0.717, 1.165) is 32.1 Å². The van der Waals surface area contributed by atoms with Crippen LogP contribution in [0.5, 0.6) is 0 Å². The molecule has 2 unspecified atom stereocenters. The Bertz CT molecular complexity index is 285. The minimum absolute atomic E-state index is 0.0863. The van der Waals surface area contributed by atoms with Gasteiger partial charge in [-0.2, -0.15) is 13.2 Å². The van der Waals surface area contributed by atoms with E-state index in [-0.39, 0.29) is 6.04 Å². The molecule has 0 aromatic carbocycles. The lowest BCUT2D eigenvalue weighted by Crippen LogP contribution is -2.52. The van der Waals surface area contributed by atoms with Crippen LogP contribution in [-0.4, -0.2) is 29.2 Å². The van der Waals surface area contributed by atoms with Gasteiger partial charge in [0.25, 0.3) is 0 Å². The lowest BCUT2D eigenvalue weighted by atomic mass is 9.88. The molecule has 2 bridgehead atoms.